The fourth-order valence-corrected chi connectivity index (χ4v) is 2.84. The van der Waals surface area contributed by atoms with Gasteiger partial charge in [-0.3, -0.25) is 0 Å². The van der Waals surface area contributed by atoms with Crippen LogP contribution in [-0.2, 0) is 4.74 Å². The van der Waals surface area contributed by atoms with Crippen molar-refractivity contribution in [3.05, 3.63) is 29.5 Å². The van der Waals surface area contributed by atoms with Gasteiger partial charge in [-0.15, -0.1) is 0 Å². The number of ether oxygens (including phenoxy) is 2. The molecule has 1 aliphatic heterocycles. The van der Waals surface area contributed by atoms with E-state index in [1.165, 1.54) is 0 Å². The van der Waals surface area contributed by atoms with Crippen molar-refractivity contribution >= 4 is 5.82 Å². The zero-order valence-electron chi connectivity index (χ0n) is 12.4. The van der Waals surface area contributed by atoms with E-state index in [-0.39, 0.29) is 0 Å². The Morgan fingerprint density at radius 2 is 2.05 bits per heavy atom. The van der Waals surface area contributed by atoms with Crippen LogP contribution in [0.4, 0.5) is 5.82 Å². The number of nitrogens with zero attached hydrogens (tertiary/aromatic N) is 1. The van der Waals surface area contributed by atoms with Crippen molar-refractivity contribution in [2.45, 2.75) is 25.7 Å². The van der Waals surface area contributed by atoms with Gasteiger partial charge in [-0.2, -0.15) is 0 Å². The lowest BCUT2D eigenvalue weighted by Crippen LogP contribution is -2.14. The van der Waals surface area contributed by atoms with E-state index in [0.717, 1.165) is 54.3 Å². The van der Waals surface area contributed by atoms with Crippen molar-refractivity contribution in [3.63, 3.8) is 0 Å². The summed E-state index contributed by atoms with van der Waals surface area (Å²) < 4.78 is 16.4. The summed E-state index contributed by atoms with van der Waals surface area (Å²) in [7, 11) is 1.66. The molecule has 1 fully saturated rings. The molecule has 0 atom stereocenters. The predicted octanol–water partition coefficient (Wildman–Crippen LogP) is 3.13. The topological polar surface area (TPSA) is 70.5 Å². The second-order valence-electron chi connectivity index (χ2n) is 5.40. The molecule has 5 nitrogen and oxygen atoms in total. The maximum absolute atomic E-state index is 6.06. The molecule has 1 saturated heterocycles. The number of aromatic nitrogens is 1. The number of nitrogen functional groups attached to an aromatic ring is 1. The van der Waals surface area contributed by atoms with Crippen molar-refractivity contribution in [1.29, 1.82) is 0 Å². The first-order valence-electron chi connectivity index (χ1n) is 7.18. The highest BCUT2D eigenvalue weighted by Crippen LogP contribution is 2.42. The first-order valence-corrected chi connectivity index (χ1v) is 7.18. The molecule has 5 heteroatoms. The molecule has 2 N–H and O–H groups in total. The van der Waals surface area contributed by atoms with E-state index in [4.69, 9.17) is 19.7 Å². The summed E-state index contributed by atoms with van der Waals surface area (Å²) in [6.07, 6.45) is 1.85. The van der Waals surface area contributed by atoms with Crippen LogP contribution in [-0.4, -0.2) is 25.5 Å². The molecule has 0 spiro atoms. The predicted molar refractivity (Wildman–Crippen MR) is 80.4 cm³/mol. The molecule has 1 aliphatic rings. The Bertz CT molecular complexity index is 630. The molecule has 2 aromatic rings. The molecule has 112 valence electrons. The highest BCUT2D eigenvalue weighted by Gasteiger charge is 2.27. The van der Waals surface area contributed by atoms with Crippen LogP contribution in [0.15, 0.2) is 22.7 Å². The highest BCUT2D eigenvalue weighted by molar-refractivity contribution is 5.80. The molecule has 1 aromatic carbocycles. The summed E-state index contributed by atoms with van der Waals surface area (Å²) >= 11 is 0. The van der Waals surface area contributed by atoms with Gasteiger partial charge in [0.25, 0.3) is 0 Å². The summed E-state index contributed by atoms with van der Waals surface area (Å²) in [6, 6.07) is 6.02. The summed E-state index contributed by atoms with van der Waals surface area (Å²) in [6.45, 7) is 3.53. The minimum absolute atomic E-state index is 0.295. The minimum atomic E-state index is 0.295. The Morgan fingerprint density at radius 1 is 1.29 bits per heavy atom. The Hall–Kier alpha value is -2.01. The zero-order valence-corrected chi connectivity index (χ0v) is 12.4. The van der Waals surface area contributed by atoms with E-state index >= 15 is 0 Å². The van der Waals surface area contributed by atoms with Gasteiger partial charge in [-0.25, -0.2) is 0 Å². The average Bonchev–Trinajstić information content (AvgIpc) is 2.89. The fraction of sp³-hybridized carbons (Fsp3) is 0.438. The van der Waals surface area contributed by atoms with Crippen molar-refractivity contribution in [1.82, 2.24) is 5.16 Å². The molecule has 0 aliphatic carbocycles. The standard InChI is InChI=1S/C16H20N2O3/c1-10-3-4-13(19-2)12(9-10)14-15(21-18-16(14)17)11-5-7-20-8-6-11/h3-4,9,11H,5-8H2,1-2H3,(H2,17,18). The van der Waals surface area contributed by atoms with E-state index < -0.39 is 0 Å². The third-order valence-electron chi connectivity index (χ3n) is 3.96. The zero-order chi connectivity index (χ0) is 14.8. The lowest BCUT2D eigenvalue weighted by molar-refractivity contribution is 0.0792. The summed E-state index contributed by atoms with van der Waals surface area (Å²) in [5, 5.41) is 3.98. The molecule has 0 amide bonds. The molecule has 0 saturated carbocycles. The fourth-order valence-electron chi connectivity index (χ4n) is 2.84. The van der Waals surface area contributed by atoms with Crippen LogP contribution in [0.1, 0.15) is 30.1 Å². The number of anilines is 1. The highest BCUT2D eigenvalue weighted by atomic mass is 16.5. The number of methoxy groups -OCH3 is 1. The van der Waals surface area contributed by atoms with Crippen LogP contribution in [0.5, 0.6) is 5.75 Å². The first-order chi connectivity index (χ1) is 10.2. The molecule has 0 radical (unpaired) electrons. The summed E-state index contributed by atoms with van der Waals surface area (Å²) in [5.74, 6) is 2.34. The largest absolute Gasteiger partial charge is 0.496 e. The number of hydrogen-bond donors (Lipinski definition) is 1. The third kappa shape index (κ3) is 2.61. The number of nitrogens with two attached hydrogens (primary N) is 1. The maximum Gasteiger partial charge on any atom is 0.175 e. The molecule has 21 heavy (non-hydrogen) atoms. The van der Waals surface area contributed by atoms with Gasteiger partial charge in [-0.05, 0) is 31.9 Å². The van der Waals surface area contributed by atoms with Gasteiger partial charge < -0.3 is 19.7 Å². The van der Waals surface area contributed by atoms with Gasteiger partial charge >= 0.3 is 0 Å². The Kier molecular flexibility index (Phi) is 3.84. The van der Waals surface area contributed by atoms with Crippen LogP contribution in [0.3, 0.4) is 0 Å². The molecule has 3 rings (SSSR count). The van der Waals surface area contributed by atoms with E-state index in [9.17, 15) is 0 Å². The number of hydrogen-bond acceptors (Lipinski definition) is 5. The van der Waals surface area contributed by atoms with Crippen LogP contribution < -0.4 is 10.5 Å². The molecule has 0 bridgehead atoms. The van der Waals surface area contributed by atoms with Gasteiger partial charge in [0.1, 0.15) is 11.5 Å². The smallest absolute Gasteiger partial charge is 0.175 e. The number of benzene rings is 1. The molecular weight excluding hydrogens is 268 g/mol. The van der Waals surface area contributed by atoms with Gasteiger partial charge in [0.15, 0.2) is 5.82 Å². The lowest BCUT2D eigenvalue weighted by atomic mass is 9.91. The van der Waals surface area contributed by atoms with E-state index in [1.807, 2.05) is 19.1 Å². The van der Waals surface area contributed by atoms with Gasteiger partial charge in [0, 0.05) is 24.7 Å². The van der Waals surface area contributed by atoms with Crippen molar-refractivity contribution < 1.29 is 14.0 Å². The molecule has 0 unspecified atom stereocenters. The quantitative estimate of drug-likeness (QED) is 0.939. The van der Waals surface area contributed by atoms with Crippen molar-refractivity contribution in [3.8, 4) is 16.9 Å². The monoisotopic (exact) mass is 288 g/mol. The number of aryl methyl sites for hydroxylation is 1. The van der Waals surface area contributed by atoms with E-state index in [2.05, 4.69) is 11.2 Å². The Labute approximate surface area is 124 Å². The average molecular weight is 288 g/mol. The van der Waals surface area contributed by atoms with Crippen molar-refractivity contribution in [2.24, 2.45) is 0 Å². The van der Waals surface area contributed by atoms with Crippen LogP contribution in [0.2, 0.25) is 0 Å². The van der Waals surface area contributed by atoms with Crippen LogP contribution >= 0.6 is 0 Å². The Morgan fingerprint density at radius 3 is 2.76 bits per heavy atom. The normalized spacial score (nSPS) is 16.1. The third-order valence-corrected chi connectivity index (χ3v) is 3.96. The molecule has 2 heterocycles. The molecular formula is C16H20N2O3. The van der Waals surface area contributed by atoms with E-state index in [1.54, 1.807) is 7.11 Å². The van der Waals surface area contributed by atoms with Crippen molar-refractivity contribution in [2.75, 3.05) is 26.1 Å². The second-order valence-corrected chi connectivity index (χ2v) is 5.40. The second kappa shape index (κ2) is 5.77. The SMILES string of the molecule is COc1ccc(C)cc1-c1c(N)noc1C1CCOCC1. The first kappa shape index (κ1) is 13.9. The summed E-state index contributed by atoms with van der Waals surface area (Å²) in [4.78, 5) is 0. The summed E-state index contributed by atoms with van der Waals surface area (Å²) in [5.41, 5.74) is 9.01. The molecule has 1 aromatic heterocycles. The van der Waals surface area contributed by atoms with Gasteiger partial charge in [0.05, 0.1) is 12.7 Å². The van der Waals surface area contributed by atoms with Crippen LogP contribution in [0.25, 0.3) is 11.1 Å². The van der Waals surface area contributed by atoms with E-state index in [0.29, 0.717) is 11.7 Å². The number of rotatable bonds is 3. The van der Waals surface area contributed by atoms with Gasteiger partial charge in [-0.1, -0.05) is 16.8 Å². The lowest BCUT2D eigenvalue weighted by Gasteiger charge is -2.21. The minimum Gasteiger partial charge on any atom is -0.496 e. The van der Waals surface area contributed by atoms with Gasteiger partial charge in [0.2, 0.25) is 0 Å². The van der Waals surface area contributed by atoms with Crippen LogP contribution in [0, 0.1) is 6.92 Å². The Balaban J connectivity index is 2.09. The maximum atomic E-state index is 6.06.